The maximum absolute atomic E-state index is 12.8. The average Bonchev–Trinajstić information content (AvgIpc) is 2.78. The molecule has 2 saturated heterocycles. The maximum Gasteiger partial charge on any atom is 0.253 e. The number of carbonyl (C=O) groups is 2. The summed E-state index contributed by atoms with van der Waals surface area (Å²) in [5.74, 6) is 0.962. The van der Waals surface area contributed by atoms with Gasteiger partial charge in [-0.3, -0.25) is 14.5 Å². The molecule has 0 aromatic heterocycles. The molecule has 2 aliphatic heterocycles. The summed E-state index contributed by atoms with van der Waals surface area (Å²) in [5.41, 5.74) is 0.688. The van der Waals surface area contributed by atoms with Crippen LogP contribution in [0.3, 0.4) is 0 Å². The Morgan fingerprint density at radius 1 is 0.900 bits per heavy atom. The van der Waals surface area contributed by atoms with Gasteiger partial charge in [0.15, 0.2) is 0 Å². The summed E-state index contributed by atoms with van der Waals surface area (Å²) in [6, 6.07) is 7.48. The first-order chi connectivity index (χ1) is 14.5. The summed E-state index contributed by atoms with van der Waals surface area (Å²) < 4.78 is 5.85. The lowest BCUT2D eigenvalue weighted by molar-refractivity contribution is -0.130. The Hall–Kier alpha value is -2.12. The molecule has 2 aliphatic rings. The van der Waals surface area contributed by atoms with Crippen molar-refractivity contribution in [2.75, 3.05) is 73.1 Å². The van der Waals surface area contributed by atoms with Gasteiger partial charge in [-0.2, -0.15) is 0 Å². The molecular formula is C23H36N4O3. The molecule has 30 heavy (non-hydrogen) atoms. The van der Waals surface area contributed by atoms with Gasteiger partial charge in [0.1, 0.15) is 5.75 Å². The third-order valence-corrected chi connectivity index (χ3v) is 5.95. The van der Waals surface area contributed by atoms with Gasteiger partial charge in [0.2, 0.25) is 5.91 Å². The molecule has 0 spiro atoms. The molecule has 7 heteroatoms. The molecule has 0 aliphatic carbocycles. The van der Waals surface area contributed by atoms with Crippen LogP contribution < -0.4 is 4.74 Å². The number of ether oxygens (including phenoxy) is 1. The van der Waals surface area contributed by atoms with Crippen molar-refractivity contribution < 1.29 is 14.3 Å². The lowest BCUT2D eigenvalue weighted by Gasteiger charge is -2.34. The predicted octanol–water partition coefficient (Wildman–Crippen LogP) is 1.79. The van der Waals surface area contributed by atoms with Gasteiger partial charge in [0.25, 0.3) is 5.91 Å². The van der Waals surface area contributed by atoms with Gasteiger partial charge in [-0.25, -0.2) is 0 Å². The molecule has 0 N–H and O–H groups in total. The monoisotopic (exact) mass is 416 g/mol. The zero-order valence-corrected chi connectivity index (χ0v) is 18.5. The van der Waals surface area contributed by atoms with E-state index in [1.807, 2.05) is 29.2 Å². The number of hydrogen-bond donors (Lipinski definition) is 0. The largest absolute Gasteiger partial charge is 0.494 e. The molecule has 0 bridgehead atoms. The third kappa shape index (κ3) is 6.71. The molecule has 2 heterocycles. The van der Waals surface area contributed by atoms with Crippen LogP contribution >= 0.6 is 0 Å². The Labute approximate surface area is 180 Å². The number of piperazine rings is 1. The van der Waals surface area contributed by atoms with Gasteiger partial charge in [0, 0.05) is 52.4 Å². The first-order valence-electron chi connectivity index (χ1n) is 11.2. The molecule has 1 aromatic rings. The number of rotatable bonds is 8. The van der Waals surface area contributed by atoms with Crippen LogP contribution in [0.2, 0.25) is 0 Å². The van der Waals surface area contributed by atoms with Gasteiger partial charge in [-0.05, 0) is 56.6 Å². The number of piperidine rings is 1. The Morgan fingerprint density at radius 3 is 2.20 bits per heavy atom. The number of amides is 2. The van der Waals surface area contributed by atoms with Crippen molar-refractivity contribution >= 4 is 11.8 Å². The van der Waals surface area contributed by atoms with E-state index in [2.05, 4.69) is 9.80 Å². The van der Waals surface area contributed by atoms with E-state index >= 15 is 0 Å². The summed E-state index contributed by atoms with van der Waals surface area (Å²) in [4.78, 5) is 32.7. The van der Waals surface area contributed by atoms with Crippen LogP contribution in [0.5, 0.6) is 5.75 Å². The normalized spacial score (nSPS) is 18.3. The van der Waals surface area contributed by atoms with Crippen LogP contribution in [0.25, 0.3) is 0 Å². The van der Waals surface area contributed by atoms with Gasteiger partial charge in [-0.1, -0.05) is 6.42 Å². The highest BCUT2D eigenvalue weighted by Crippen LogP contribution is 2.16. The number of benzene rings is 1. The Bertz CT molecular complexity index is 678. The molecule has 166 valence electrons. The van der Waals surface area contributed by atoms with E-state index in [9.17, 15) is 9.59 Å². The second kappa shape index (κ2) is 11.3. The third-order valence-electron chi connectivity index (χ3n) is 5.95. The molecular weight excluding hydrogens is 380 g/mol. The molecule has 2 fully saturated rings. The number of likely N-dealkylation sites (tertiary alicyclic amines) is 1. The minimum Gasteiger partial charge on any atom is -0.494 e. The van der Waals surface area contributed by atoms with E-state index in [0.717, 1.165) is 31.8 Å². The highest BCUT2D eigenvalue weighted by molar-refractivity contribution is 5.94. The van der Waals surface area contributed by atoms with Crippen molar-refractivity contribution in [3.05, 3.63) is 29.8 Å². The van der Waals surface area contributed by atoms with Crippen LogP contribution in [0.1, 0.15) is 36.0 Å². The molecule has 0 saturated carbocycles. The zero-order chi connectivity index (χ0) is 21.3. The van der Waals surface area contributed by atoms with Crippen LogP contribution in [0.4, 0.5) is 0 Å². The van der Waals surface area contributed by atoms with E-state index in [1.54, 1.807) is 19.0 Å². The summed E-state index contributed by atoms with van der Waals surface area (Å²) in [6.45, 7) is 7.41. The Kier molecular flexibility index (Phi) is 8.51. The number of carbonyl (C=O) groups excluding carboxylic acids is 2. The fourth-order valence-corrected chi connectivity index (χ4v) is 3.98. The van der Waals surface area contributed by atoms with Gasteiger partial charge < -0.3 is 19.4 Å². The highest BCUT2D eigenvalue weighted by atomic mass is 16.5. The van der Waals surface area contributed by atoms with Gasteiger partial charge in [0.05, 0.1) is 13.2 Å². The highest BCUT2D eigenvalue weighted by Gasteiger charge is 2.23. The summed E-state index contributed by atoms with van der Waals surface area (Å²) in [7, 11) is 3.54. The second-order valence-corrected chi connectivity index (χ2v) is 8.49. The van der Waals surface area contributed by atoms with Gasteiger partial charge in [-0.15, -0.1) is 0 Å². The predicted molar refractivity (Wildman–Crippen MR) is 118 cm³/mol. The Balaban J connectivity index is 1.38. The molecule has 0 atom stereocenters. The smallest absolute Gasteiger partial charge is 0.253 e. The van der Waals surface area contributed by atoms with Crippen molar-refractivity contribution in [2.45, 2.75) is 25.7 Å². The van der Waals surface area contributed by atoms with Crippen molar-refractivity contribution in [3.8, 4) is 5.75 Å². The van der Waals surface area contributed by atoms with Crippen LogP contribution in [0, 0.1) is 0 Å². The first kappa shape index (κ1) is 22.6. The van der Waals surface area contributed by atoms with E-state index in [-0.39, 0.29) is 11.8 Å². The van der Waals surface area contributed by atoms with Gasteiger partial charge >= 0.3 is 0 Å². The maximum atomic E-state index is 12.8. The zero-order valence-electron chi connectivity index (χ0n) is 18.5. The molecule has 2 amide bonds. The molecule has 3 rings (SSSR count). The van der Waals surface area contributed by atoms with E-state index in [4.69, 9.17) is 4.74 Å². The number of likely N-dealkylation sites (N-methyl/N-ethyl adjacent to an activating group) is 1. The molecule has 7 nitrogen and oxygen atoms in total. The standard InChI is InChI=1S/C23H36N4O3/c1-24(2)22(28)19-26-14-16-27(17-15-26)23(29)20-7-9-21(10-8-20)30-18-6-13-25-11-4-3-5-12-25/h7-10H,3-6,11-19H2,1-2H3. The molecule has 1 aromatic carbocycles. The fraction of sp³-hybridized carbons (Fsp3) is 0.652. The van der Waals surface area contributed by atoms with E-state index < -0.39 is 0 Å². The van der Waals surface area contributed by atoms with Crippen molar-refractivity contribution in [2.24, 2.45) is 0 Å². The van der Waals surface area contributed by atoms with E-state index in [1.165, 1.54) is 32.4 Å². The average molecular weight is 417 g/mol. The lowest BCUT2D eigenvalue weighted by Crippen LogP contribution is -2.51. The minimum absolute atomic E-state index is 0.0465. The molecule has 0 radical (unpaired) electrons. The summed E-state index contributed by atoms with van der Waals surface area (Å²) in [6.07, 6.45) is 5.03. The van der Waals surface area contributed by atoms with Crippen LogP contribution in [-0.4, -0.2) is 104 Å². The molecule has 0 unspecified atom stereocenters. The van der Waals surface area contributed by atoms with Crippen molar-refractivity contribution in [1.29, 1.82) is 0 Å². The quantitative estimate of drug-likeness (QED) is 0.605. The van der Waals surface area contributed by atoms with Crippen LogP contribution in [0.15, 0.2) is 24.3 Å². The lowest BCUT2D eigenvalue weighted by atomic mass is 10.1. The van der Waals surface area contributed by atoms with Crippen LogP contribution in [-0.2, 0) is 4.79 Å². The Morgan fingerprint density at radius 2 is 1.57 bits per heavy atom. The van der Waals surface area contributed by atoms with E-state index in [0.29, 0.717) is 31.8 Å². The SMILES string of the molecule is CN(C)C(=O)CN1CCN(C(=O)c2ccc(OCCCN3CCCCC3)cc2)CC1. The fourth-order valence-electron chi connectivity index (χ4n) is 3.98. The minimum atomic E-state index is 0.0465. The van der Waals surface area contributed by atoms with Crippen molar-refractivity contribution in [3.63, 3.8) is 0 Å². The second-order valence-electron chi connectivity index (χ2n) is 8.49. The topological polar surface area (TPSA) is 56.3 Å². The first-order valence-corrected chi connectivity index (χ1v) is 11.2. The number of nitrogens with zero attached hydrogens (tertiary/aromatic N) is 4. The summed E-state index contributed by atoms with van der Waals surface area (Å²) >= 11 is 0. The number of hydrogen-bond acceptors (Lipinski definition) is 5. The summed E-state index contributed by atoms with van der Waals surface area (Å²) in [5, 5.41) is 0. The van der Waals surface area contributed by atoms with Crippen molar-refractivity contribution in [1.82, 2.24) is 19.6 Å².